The topological polar surface area (TPSA) is 26.0 Å². The summed E-state index contributed by atoms with van der Waals surface area (Å²) in [7, 11) is 0. The van der Waals surface area contributed by atoms with Gasteiger partial charge < -0.3 is 5.73 Å². The fourth-order valence-electron chi connectivity index (χ4n) is 4.03. The molecule has 1 saturated carbocycles. The number of hydrogen-bond acceptors (Lipinski definition) is 1. The SMILES string of the molecule is CCCCC(CC)CC1(CN)CCC(CCC)CC1. The Morgan fingerprint density at radius 1 is 1.11 bits per heavy atom. The van der Waals surface area contributed by atoms with Gasteiger partial charge in [0.1, 0.15) is 0 Å². The molecule has 1 rings (SSSR count). The Balaban J connectivity index is 2.47. The summed E-state index contributed by atoms with van der Waals surface area (Å²) in [5.41, 5.74) is 6.69. The van der Waals surface area contributed by atoms with Crippen LogP contribution in [0.15, 0.2) is 0 Å². The Morgan fingerprint density at radius 2 is 1.79 bits per heavy atom. The number of rotatable bonds is 9. The summed E-state index contributed by atoms with van der Waals surface area (Å²) in [5, 5.41) is 0. The van der Waals surface area contributed by atoms with E-state index in [1.807, 2.05) is 0 Å². The highest BCUT2D eigenvalue weighted by molar-refractivity contribution is 4.88. The van der Waals surface area contributed by atoms with Gasteiger partial charge >= 0.3 is 0 Å². The predicted molar refractivity (Wildman–Crippen MR) is 86.3 cm³/mol. The molecular formula is C18H37N. The van der Waals surface area contributed by atoms with E-state index in [1.54, 1.807) is 0 Å². The maximum Gasteiger partial charge on any atom is -0.00204 e. The van der Waals surface area contributed by atoms with Crippen molar-refractivity contribution in [2.24, 2.45) is 23.0 Å². The van der Waals surface area contributed by atoms with Crippen LogP contribution in [-0.2, 0) is 0 Å². The minimum Gasteiger partial charge on any atom is -0.330 e. The van der Waals surface area contributed by atoms with E-state index >= 15 is 0 Å². The summed E-state index contributed by atoms with van der Waals surface area (Å²) >= 11 is 0. The molecule has 1 fully saturated rings. The molecule has 0 amide bonds. The molecule has 1 aliphatic carbocycles. The van der Waals surface area contributed by atoms with Crippen molar-refractivity contribution < 1.29 is 0 Å². The second kappa shape index (κ2) is 9.00. The minimum absolute atomic E-state index is 0.499. The van der Waals surface area contributed by atoms with Crippen LogP contribution in [0.5, 0.6) is 0 Å². The van der Waals surface area contributed by atoms with Crippen LogP contribution < -0.4 is 5.73 Å². The molecule has 0 aromatic rings. The van der Waals surface area contributed by atoms with Gasteiger partial charge in [-0.15, -0.1) is 0 Å². The van der Waals surface area contributed by atoms with Crippen molar-refractivity contribution in [1.82, 2.24) is 0 Å². The highest BCUT2D eigenvalue weighted by Gasteiger charge is 2.35. The molecule has 2 N–H and O–H groups in total. The first-order chi connectivity index (χ1) is 9.19. The first-order valence-corrected chi connectivity index (χ1v) is 8.89. The molecule has 0 aromatic carbocycles. The maximum absolute atomic E-state index is 6.19. The smallest absolute Gasteiger partial charge is 0.00204 e. The summed E-state index contributed by atoms with van der Waals surface area (Å²) in [6.45, 7) is 7.92. The van der Waals surface area contributed by atoms with Gasteiger partial charge in [-0.3, -0.25) is 0 Å². The van der Waals surface area contributed by atoms with E-state index in [0.717, 1.165) is 18.4 Å². The monoisotopic (exact) mass is 267 g/mol. The van der Waals surface area contributed by atoms with Crippen LogP contribution in [0.1, 0.15) is 91.4 Å². The Kier molecular flexibility index (Phi) is 8.06. The van der Waals surface area contributed by atoms with Gasteiger partial charge in [0.05, 0.1) is 0 Å². The normalized spacial score (nSPS) is 29.4. The van der Waals surface area contributed by atoms with E-state index in [2.05, 4.69) is 20.8 Å². The van der Waals surface area contributed by atoms with Crippen LogP contribution in [0, 0.1) is 17.3 Å². The Hall–Kier alpha value is -0.0400. The summed E-state index contributed by atoms with van der Waals surface area (Å²) in [5.74, 6) is 1.92. The van der Waals surface area contributed by atoms with Crippen LogP contribution >= 0.6 is 0 Å². The zero-order valence-corrected chi connectivity index (χ0v) is 13.7. The highest BCUT2D eigenvalue weighted by Crippen LogP contribution is 2.45. The lowest BCUT2D eigenvalue weighted by atomic mass is 9.65. The Bertz CT molecular complexity index is 216. The lowest BCUT2D eigenvalue weighted by molar-refractivity contribution is 0.112. The zero-order chi connectivity index (χ0) is 14.1. The zero-order valence-electron chi connectivity index (χ0n) is 13.7. The first-order valence-electron chi connectivity index (χ1n) is 8.89. The van der Waals surface area contributed by atoms with E-state index < -0.39 is 0 Å². The van der Waals surface area contributed by atoms with E-state index in [1.165, 1.54) is 70.6 Å². The molecule has 0 saturated heterocycles. The molecule has 1 nitrogen and oxygen atoms in total. The molecule has 1 heteroatoms. The van der Waals surface area contributed by atoms with Gasteiger partial charge in [-0.1, -0.05) is 59.3 Å². The predicted octanol–water partition coefficient (Wildman–Crippen LogP) is 5.53. The van der Waals surface area contributed by atoms with Crippen molar-refractivity contribution in [3.63, 3.8) is 0 Å². The number of hydrogen-bond donors (Lipinski definition) is 1. The molecule has 1 unspecified atom stereocenters. The second-order valence-electron chi connectivity index (χ2n) is 7.06. The molecule has 0 heterocycles. The second-order valence-corrected chi connectivity index (χ2v) is 7.06. The van der Waals surface area contributed by atoms with Crippen LogP contribution in [0.25, 0.3) is 0 Å². The summed E-state index contributed by atoms with van der Waals surface area (Å²) < 4.78 is 0. The molecule has 0 radical (unpaired) electrons. The van der Waals surface area contributed by atoms with Crippen LogP contribution in [-0.4, -0.2) is 6.54 Å². The Morgan fingerprint density at radius 3 is 2.26 bits per heavy atom. The minimum atomic E-state index is 0.499. The van der Waals surface area contributed by atoms with Gasteiger partial charge in [0.15, 0.2) is 0 Å². The van der Waals surface area contributed by atoms with Crippen molar-refractivity contribution in [3.8, 4) is 0 Å². The van der Waals surface area contributed by atoms with E-state index in [9.17, 15) is 0 Å². The average molecular weight is 268 g/mol. The maximum atomic E-state index is 6.19. The van der Waals surface area contributed by atoms with E-state index in [4.69, 9.17) is 5.73 Å². The summed E-state index contributed by atoms with van der Waals surface area (Å²) in [4.78, 5) is 0. The van der Waals surface area contributed by atoms with Crippen molar-refractivity contribution in [2.45, 2.75) is 91.4 Å². The third-order valence-corrected chi connectivity index (χ3v) is 5.56. The summed E-state index contributed by atoms with van der Waals surface area (Å²) in [6.07, 6.45) is 15.4. The molecule has 0 spiro atoms. The van der Waals surface area contributed by atoms with Crippen LogP contribution in [0.2, 0.25) is 0 Å². The van der Waals surface area contributed by atoms with Crippen molar-refractivity contribution in [3.05, 3.63) is 0 Å². The van der Waals surface area contributed by atoms with Crippen molar-refractivity contribution in [2.75, 3.05) is 6.54 Å². The molecule has 19 heavy (non-hydrogen) atoms. The molecule has 0 bridgehead atoms. The van der Waals surface area contributed by atoms with Crippen LogP contribution in [0.3, 0.4) is 0 Å². The molecular weight excluding hydrogens is 230 g/mol. The lowest BCUT2D eigenvalue weighted by Gasteiger charge is -2.41. The quantitative estimate of drug-likeness (QED) is 0.584. The molecule has 1 atom stereocenters. The van der Waals surface area contributed by atoms with E-state index in [0.29, 0.717) is 5.41 Å². The largest absolute Gasteiger partial charge is 0.330 e. The van der Waals surface area contributed by atoms with Gasteiger partial charge in [-0.25, -0.2) is 0 Å². The van der Waals surface area contributed by atoms with Gasteiger partial charge in [0.2, 0.25) is 0 Å². The number of unbranched alkanes of at least 4 members (excludes halogenated alkanes) is 1. The molecule has 0 aliphatic heterocycles. The molecule has 0 aromatic heterocycles. The van der Waals surface area contributed by atoms with Crippen molar-refractivity contribution in [1.29, 1.82) is 0 Å². The van der Waals surface area contributed by atoms with Crippen LogP contribution in [0.4, 0.5) is 0 Å². The fourth-order valence-corrected chi connectivity index (χ4v) is 4.03. The van der Waals surface area contributed by atoms with E-state index in [-0.39, 0.29) is 0 Å². The lowest BCUT2D eigenvalue weighted by Crippen LogP contribution is -2.36. The first kappa shape index (κ1) is 17.0. The third kappa shape index (κ3) is 5.45. The third-order valence-electron chi connectivity index (χ3n) is 5.56. The Labute approximate surface area is 121 Å². The van der Waals surface area contributed by atoms with Gasteiger partial charge in [-0.2, -0.15) is 0 Å². The summed E-state index contributed by atoms with van der Waals surface area (Å²) in [6, 6.07) is 0. The molecule has 1 aliphatic rings. The standard InChI is InChI=1S/C18H37N/c1-4-7-9-16(6-3)14-18(15-19)12-10-17(8-5-2)11-13-18/h16-17H,4-15,19H2,1-3H3. The fraction of sp³-hybridized carbons (Fsp3) is 1.00. The average Bonchev–Trinajstić information content (AvgIpc) is 2.46. The number of nitrogens with two attached hydrogens (primary N) is 1. The molecule has 114 valence electrons. The van der Waals surface area contributed by atoms with Gasteiger partial charge in [-0.05, 0) is 55.9 Å². The van der Waals surface area contributed by atoms with Gasteiger partial charge in [0.25, 0.3) is 0 Å². The van der Waals surface area contributed by atoms with Crippen molar-refractivity contribution >= 4 is 0 Å². The van der Waals surface area contributed by atoms with Gasteiger partial charge in [0, 0.05) is 0 Å². The highest BCUT2D eigenvalue weighted by atomic mass is 14.6.